The Bertz CT molecular complexity index is 830. The van der Waals surface area contributed by atoms with Crippen LogP contribution < -0.4 is 5.56 Å². The van der Waals surface area contributed by atoms with Gasteiger partial charge in [0.15, 0.2) is 5.82 Å². The van der Waals surface area contributed by atoms with Gasteiger partial charge in [-0.3, -0.25) is 9.78 Å². The van der Waals surface area contributed by atoms with Crippen LogP contribution in [0.25, 0.3) is 22.6 Å². The van der Waals surface area contributed by atoms with Crippen molar-refractivity contribution in [2.75, 3.05) is 0 Å². The number of rotatable bonds is 2. The zero-order chi connectivity index (χ0) is 14.8. The summed E-state index contributed by atoms with van der Waals surface area (Å²) in [6, 6.07) is 10.4. The van der Waals surface area contributed by atoms with Crippen LogP contribution in [0.1, 0.15) is 0 Å². The Morgan fingerprint density at radius 2 is 1.86 bits per heavy atom. The van der Waals surface area contributed by atoms with Crippen LogP contribution in [-0.2, 0) is 0 Å². The smallest absolute Gasteiger partial charge is 0.262 e. The van der Waals surface area contributed by atoms with Gasteiger partial charge < -0.3 is 10.1 Å². The molecule has 0 aliphatic carbocycles. The van der Waals surface area contributed by atoms with Gasteiger partial charge >= 0.3 is 0 Å². The molecule has 2 N–H and O–H groups in total. The molecule has 0 aliphatic heterocycles. The van der Waals surface area contributed by atoms with Gasteiger partial charge in [0.2, 0.25) is 5.88 Å². The number of pyridine rings is 1. The van der Waals surface area contributed by atoms with Crippen molar-refractivity contribution in [2.24, 2.45) is 0 Å². The zero-order valence-corrected chi connectivity index (χ0v) is 10.7. The minimum absolute atomic E-state index is 0.00492. The third-order valence-corrected chi connectivity index (χ3v) is 2.94. The second-order valence-corrected chi connectivity index (χ2v) is 4.34. The van der Waals surface area contributed by atoms with E-state index in [1.807, 2.05) is 0 Å². The fourth-order valence-electron chi connectivity index (χ4n) is 1.96. The molecule has 104 valence electrons. The lowest BCUT2D eigenvalue weighted by Gasteiger charge is -2.05. The predicted octanol–water partition coefficient (Wildman–Crippen LogP) is 2.34. The minimum Gasteiger partial charge on any atom is -0.493 e. The molecule has 0 bridgehead atoms. The van der Waals surface area contributed by atoms with Crippen molar-refractivity contribution < 1.29 is 9.50 Å². The molecule has 3 rings (SSSR count). The Morgan fingerprint density at radius 1 is 1.10 bits per heavy atom. The number of H-pyrrole nitrogens is 1. The van der Waals surface area contributed by atoms with Crippen LogP contribution in [-0.4, -0.2) is 20.1 Å². The van der Waals surface area contributed by atoms with E-state index in [-0.39, 0.29) is 11.4 Å². The second kappa shape index (κ2) is 5.16. The standard InChI is InChI=1S/C15H10FN3O2/c16-10-6-4-9(5-7-10)12-14(20)18-13(19-15(12)21)11-3-1-2-8-17-11/h1-8H,(H2,18,19,20,21). The number of halogens is 1. The SMILES string of the molecule is O=c1[nH]c(-c2ccccn2)nc(O)c1-c1ccc(F)cc1. The lowest BCUT2D eigenvalue weighted by atomic mass is 10.1. The Labute approximate surface area is 118 Å². The first-order valence-electron chi connectivity index (χ1n) is 6.16. The van der Waals surface area contributed by atoms with Gasteiger partial charge in [-0.05, 0) is 29.8 Å². The summed E-state index contributed by atoms with van der Waals surface area (Å²) in [5, 5.41) is 10.0. The van der Waals surface area contributed by atoms with Gasteiger partial charge in [-0.2, -0.15) is 4.98 Å². The topological polar surface area (TPSA) is 78.9 Å². The van der Waals surface area contributed by atoms with Crippen LogP contribution in [0.4, 0.5) is 4.39 Å². The first-order chi connectivity index (χ1) is 10.1. The highest BCUT2D eigenvalue weighted by molar-refractivity contribution is 5.68. The summed E-state index contributed by atoms with van der Waals surface area (Å²) in [6.45, 7) is 0. The molecule has 0 aliphatic rings. The van der Waals surface area contributed by atoms with Gasteiger partial charge in [-0.1, -0.05) is 18.2 Å². The fraction of sp³-hybridized carbons (Fsp3) is 0. The molecular formula is C15H10FN3O2. The summed E-state index contributed by atoms with van der Waals surface area (Å²) in [5.74, 6) is -0.678. The first-order valence-corrected chi connectivity index (χ1v) is 6.16. The van der Waals surface area contributed by atoms with E-state index in [4.69, 9.17) is 0 Å². The predicted molar refractivity (Wildman–Crippen MR) is 75.1 cm³/mol. The molecule has 0 unspecified atom stereocenters. The van der Waals surface area contributed by atoms with Crippen LogP contribution in [0.3, 0.4) is 0 Å². The van der Waals surface area contributed by atoms with Crippen LogP contribution in [0, 0.1) is 5.82 Å². The van der Waals surface area contributed by atoms with E-state index in [2.05, 4.69) is 15.0 Å². The maximum atomic E-state index is 12.9. The fourth-order valence-corrected chi connectivity index (χ4v) is 1.96. The molecule has 0 saturated carbocycles. The van der Waals surface area contributed by atoms with Crippen LogP contribution >= 0.6 is 0 Å². The van der Waals surface area contributed by atoms with Crippen molar-refractivity contribution >= 4 is 0 Å². The summed E-state index contributed by atoms with van der Waals surface area (Å²) in [6.07, 6.45) is 1.56. The molecule has 0 fully saturated rings. The van der Waals surface area contributed by atoms with Crippen molar-refractivity contribution in [2.45, 2.75) is 0 Å². The molecular weight excluding hydrogens is 273 g/mol. The van der Waals surface area contributed by atoms with E-state index in [0.717, 1.165) is 0 Å². The Kier molecular flexibility index (Phi) is 3.19. The average molecular weight is 283 g/mol. The summed E-state index contributed by atoms with van der Waals surface area (Å²) in [7, 11) is 0. The maximum absolute atomic E-state index is 12.9. The van der Waals surface area contributed by atoms with E-state index in [1.54, 1.807) is 24.4 Å². The molecule has 0 radical (unpaired) electrons. The zero-order valence-electron chi connectivity index (χ0n) is 10.7. The van der Waals surface area contributed by atoms with Crippen molar-refractivity contribution in [1.29, 1.82) is 0 Å². The maximum Gasteiger partial charge on any atom is 0.262 e. The minimum atomic E-state index is -0.519. The molecule has 6 heteroatoms. The normalized spacial score (nSPS) is 10.5. The number of benzene rings is 1. The van der Waals surface area contributed by atoms with Crippen molar-refractivity contribution in [3.63, 3.8) is 0 Å². The second-order valence-electron chi connectivity index (χ2n) is 4.34. The van der Waals surface area contributed by atoms with E-state index < -0.39 is 17.3 Å². The van der Waals surface area contributed by atoms with Gasteiger partial charge in [-0.25, -0.2) is 4.39 Å². The highest BCUT2D eigenvalue weighted by atomic mass is 19.1. The van der Waals surface area contributed by atoms with E-state index in [9.17, 15) is 14.3 Å². The van der Waals surface area contributed by atoms with Crippen LogP contribution in [0.2, 0.25) is 0 Å². The average Bonchev–Trinajstić information content (AvgIpc) is 2.49. The number of aromatic hydroxyl groups is 1. The summed E-state index contributed by atoms with van der Waals surface area (Å²) in [4.78, 5) is 22.7. The highest BCUT2D eigenvalue weighted by Gasteiger charge is 2.14. The number of aromatic nitrogens is 3. The Hall–Kier alpha value is -3.02. The largest absolute Gasteiger partial charge is 0.493 e. The van der Waals surface area contributed by atoms with Crippen molar-refractivity contribution in [3.05, 3.63) is 64.8 Å². The van der Waals surface area contributed by atoms with Gasteiger partial charge in [-0.15, -0.1) is 0 Å². The first kappa shape index (κ1) is 13.0. The summed E-state index contributed by atoms with van der Waals surface area (Å²) in [5.41, 5.74) is 0.301. The van der Waals surface area contributed by atoms with Crippen LogP contribution in [0.5, 0.6) is 5.88 Å². The van der Waals surface area contributed by atoms with Gasteiger partial charge in [0, 0.05) is 6.20 Å². The molecule has 0 saturated heterocycles. The highest BCUT2D eigenvalue weighted by Crippen LogP contribution is 2.25. The Balaban J connectivity index is 2.13. The number of hydrogen-bond donors (Lipinski definition) is 2. The van der Waals surface area contributed by atoms with Gasteiger partial charge in [0.25, 0.3) is 5.56 Å². The molecule has 3 aromatic rings. The number of nitrogens with one attached hydrogen (secondary N) is 1. The molecule has 0 atom stereocenters. The number of aromatic amines is 1. The molecule has 2 heterocycles. The molecule has 0 spiro atoms. The summed E-state index contributed by atoms with van der Waals surface area (Å²) >= 11 is 0. The lowest BCUT2D eigenvalue weighted by Crippen LogP contribution is -2.12. The summed E-state index contributed by atoms with van der Waals surface area (Å²) < 4.78 is 12.9. The van der Waals surface area contributed by atoms with E-state index in [1.165, 1.54) is 24.3 Å². The third-order valence-electron chi connectivity index (χ3n) is 2.94. The Morgan fingerprint density at radius 3 is 2.48 bits per heavy atom. The third kappa shape index (κ3) is 2.51. The quantitative estimate of drug-likeness (QED) is 0.756. The monoisotopic (exact) mass is 283 g/mol. The van der Waals surface area contributed by atoms with E-state index >= 15 is 0 Å². The van der Waals surface area contributed by atoms with Gasteiger partial charge in [0.1, 0.15) is 17.1 Å². The molecule has 1 aromatic carbocycles. The molecule has 0 amide bonds. The molecule has 21 heavy (non-hydrogen) atoms. The van der Waals surface area contributed by atoms with Crippen molar-refractivity contribution in [1.82, 2.24) is 15.0 Å². The molecule has 5 nitrogen and oxygen atoms in total. The van der Waals surface area contributed by atoms with E-state index in [0.29, 0.717) is 11.3 Å². The number of hydrogen-bond acceptors (Lipinski definition) is 4. The van der Waals surface area contributed by atoms with Crippen molar-refractivity contribution in [3.8, 4) is 28.5 Å². The molecule has 2 aromatic heterocycles. The lowest BCUT2D eigenvalue weighted by molar-refractivity contribution is 0.454. The number of nitrogens with zero attached hydrogens (tertiary/aromatic N) is 2. The van der Waals surface area contributed by atoms with Crippen LogP contribution in [0.15, 0.2) is 53.5 Å². The van der Waals surface area contributed by atoms with Gasteiger partial charge in [0.05, 0.1) is 0 Å².